The summed E-state index contributed by atoms with van der Waals surface area (Å²) in [5.41, 5.74) is 4.11. The zero-order valence-corrected chi connectivity index (χ0v) is 55.6. The molecule has 4 aliphatic heterocycles. The number of carboxylic acid groups (broad SMARTS) is 1. The SMILES string of the molecule is CCCC[N+](CCCC(=O)NCCC[Si](C)(C)O[Si]1(O[Si](C)(C)CCCNC(=O)COCC(=O)[O-])n2c3c4ccccc4c2N=C2N=C(N=c4c5ccccc5c(n41)=NC1=NC(=N3)c3ccccc31)c1ccccc12)(CCCP(=O)(O)O)CCCP(=O)(O)O. The van der Waals surface area contributed by atoms with Crippen LogP contribution in [0, 0.1) is 0 Å². The van der Waals surface area contributed by atoms with E-state index in [4.69, 9.17) is 42.9 Å². The monoisotopic (exact) mass is 1310 g/mol. The molecule has 6 aromatic rings. The van der Waals surface area contributed by atoms with Gasteiger partial charge < -0.3 is 57.6 Å². The van der Waals surface area contributed by atoms with Gasteiger partial charge in [0.05, 0.1) is 51.1 Å². The van der Waals surface area contributed by atoms with Gasteiger partial charge in [-0.2, -0.15) is 0 Å². The molecular formula is C60H77N11O13P2Si3. The number of rotatable bonds is 31. The van der Waals surface area contributed by atoms with Crippen LogP contribution in [0.4, 0.5) is 11.6 Å². The maximum Gasteiger partial charge on any atom is 0.582 e. The van der Waals surface area contributed by atoms with Gasteiger partial charge in [0.1, 0.15) is 29.2 Å². The van der Waals surface area contributed by atoms with Gasteiger partial charge in [0.2, 0.25) is 11.8 Å². The predicted octanol–water partition coefficient (Wildman–Crippen LogP) is 6.13. The number of carboxylic acids is 1. The zero-order chi connectivity index (χ0) is 63.4. The number of ether oxygens (including phenoxy) is 1. The number of fused-ring (bicyclic) bond motifs is 14. The Balaban J connectivity index is 1.06. The number of carbonyl (C=O) groups excluding carboxylic acids is 3. The molecule has 0 radical (unpaired) electrons. The lowest BCUT2D eigenvalue weighted by atomic mass is 10.1. The molecule has 6 bridgehead atoms. The second kappa shape index (κ2) is 27.1. The number of unbranched alkanes of at least 4 members (excludes halogenated alkanes) is 1. The summed E-state index contributed by atoms with van der Waals surface area (Å²) in [5, 5.41) is 20.0. The minimum Gasteiger partial charge on any atom is -0.548 e. The van der Waals surface area contributed by atoms with Crippen molar-refractivity contribution >= 4 is 115 Å². The molecular weight excluding hydrogens is 1230 g/mol. The lowest BCUT2D eigenvalue weighted by Gasteiger charge is -2.43. The second-order valence-electron chi connectivity index (χ2n) is 24.3. The quantitative estimate of drug-likeness (QED) is 0.0124. The molecule has 10 rings (SSSR count). The number of aliphatic imine (C=N–C) groups is 4. The Bertz CT molecular complexity index is 3890. The van der Waals surface area contributed by atoms with E-state index in [1.807, 2.05) is 104 Å². The zero-order valence-electron chi connectivity index (χ0n) is 50.8. The number of carbonyl (C=O) groups is 3. The summed E-state index contributed by atoms with van der Waals surface area (Å²) < 4.78 is 50.0. The fourth-order valence-corrected chi connectivity index (χ4v) is 26.0. The molecule has 4 aromatic carbocycles. The van der Waals surface area contributed by atoms with Crippen LogP contribution in [0.5, 0.6) is 0 Å². The molecule has 0 spiro atoms. The van der Waals surface area contributed by atoms with Crippen LogP contribution in [0.25, 0.3) is 21.5 Å². The van der Waals surface area contributed by atoms with Gasteiger partial charge in [-0.25, -0.2) is 30.0 Å². The van der Waals surface area contributed by atoms with E-state index in [-0.39, 0.29) is 44.0 Å². The first kappa shape index (κ1) is 65.4. The van der Waals surface area contributed by atoms with Gasteiger partial charge >= 0.3 is 24.1 Å². The third-order valence-corrected chi connectivity index (χ3v) is 29.8. The lowest BCUT2D eigenvalue weighted by Crippen LogP contribution is -2.70. The molecule has 472 valence electrons. The maximum atomic E-state index is 13.9. The van der Waals surface area contributed by atoms with Crippen molar-refractivity contribution in [2.45, 2.75) is 96.6 Å². The minimum absolute atomic E-state index is 0.172. The molecule has 89 heavy (non-hydrogen) atoms. The van der Waals surface area contributed by atoms with Crippen LogP contribution in [0.3, 0.4) is 0 Å². The molecule has 6 N–H and O–H groups in total. The van der Waals surface area contributed by atoms with Crippen LogP contribution in [0.1, 0.15) is 80.5 Å². The van der Waals surface area contributed by atoms with E-state index in [1.165, 1.54) is 0 Å². The Labute approximate surface area is 518 Å². The van der Waals surface area contributed by atoms with E-state index < -0.39 is 65.8 Å². The maximum absolute atomic E-state index is 13.9. The van der Waals surface area contributed by atoms with E-state index >= 15 is 0 Å². The largest absolute Gasteiger partial charge is 0.582 e. The van der Waals surface area contributed by atoms with Gasteiger partial charge in [0, 0.05) is 82.6 Å². The molecule has 1 unspecified atom stereocenters. The Kier molecular flexibility index (Phi) is 19.9. The Morgan fingerprint density at radius 3 is 1.38 bits per heavy atom. The average molecular weight is 1310 g/mol. The highest BCUT2D eigenvalue weighted by atomic mass is 31.2. The number of nitrogens with zero attached hydrogens (tertiary/aromatic N) is 9. The molecule has 4 aliphatic rings. The van der Waals surface area contributed by atoms with Crippen LogP contribution < -0.4 is 26.7 Å². The number of benzene rings is 4. The number of nitrogens with one attached hydrogen (secondary N) is 2. The van der Waals surface area contributed by atoms with Crippen molar-refractivity contribution in [1.82, 2.24) is 19.1 Å². The number of hydrogen-bond donors (Lipinski definition) is 6. The van der Waals surface area contributed by atoms with Crippen LogP contribution in [-0.4, -0.2) is 164 Å². The van der Waals surface area contributed by atoms with E-state index in [9.17, 15) is 48.2 Å². The fourth-order valence-electron chi connectivity index (χ4n) is 12.3. The number of amidine groups is 4. The minimum atomic E-state index is -4.66. The summed E-state index contributed by atoms with van der Waals surface area (Å²) in [7, 11) is -19.5. The van der Waals surface area contributed by atoms with E-state index in [1.54, 1.807) is 0 Å². The molecule has 1 atom stereocenters. The van der Waals surface area contributed by atoms with Crippen molar-refractivity contribution in [3.8, 4) is 0 Å². The van der Waals surface area contributed by atoms with Crippen molar-refractivity contribution in [2.75, 3.05) is 64.8 Å². The fraction of sp³-hybridized carbons (Fsp3) is 0.417. The number of aromatic nitrogens is 2. The lowest BCUT2D eigenvalue weighted by molar-refractivity contribution is -0.928. The van der Waals surface area contributed by atoms with Crippen molar-refractivity contribution in [3.63, 3.8) is 0 Å². The van der Waals surface area contributed by atoms with Gasteiger partial charge in [-0.3, -0.25) is 27.2 Å². The van der Waals surface area contributed by atoms with E-state index in [0.717, 1.165) is 56.6 Å². The van der Waals surface area contributed by atoms with Gasteiger partial charge in [-0.05, 0) is 57.5 Å². The van der Waals surface area contributed by atoms with E-state index in [0.29, 0.717) is 115 Å². The Morgan fingerprint density at radius 1 is 0.539 bits per heavy atom. The highest BCUT2D eigenvalue weighted by Crippen LogP contribution is 2.46. The van der Waals surface area contributed by atoms with Gasteiger partial charge in [-0.15, -0.1) is 0 Å². The molecule has 29 heteroatoms. The smallest absolute Gasteiger partial charge is 0.548 e. The van der Waals surface area contributed by atoms with Gasteiger partial charge in [-0.1, -0.05) is 110 Å². The summed E-state index contributed by atoms with van der Waals surface area (Å²) >= 11 is 0. The predicted molar refractivity (Wildman–Crippen MR) is 346 cm³/mol. The summed E-state index contributed by atoms with van der Waals surface area (Å²) in [6.07, 6.45) is 3.12. The van der Waals surface area contributed by atoms with Gasteiger partial charge in [0.15, 0.2) is 40.0 Å². The number of amides is 2. The van der Waals surface area contributed by atoms with Gasteiger partial charge in [0.25, 0.3) is 0 Å². The first-order valence-corrected chi connectivity index (χ1v) is 41.8. The topological polar surface area (TPSA) is 325 Å². The molecule has 0 saturated heterocycles. The molecule has 2 aromatic heterocycles. The Hall–Kier alpha value is -6.56. The summed E-state index contributed by atoms with van der Waals surface area (Å²) in [6.45, 7) is 11.9. The first-order valence-electron chi connectivity index (χ1n) is 30.3. The molecule has 24 nitrogen and oxygen atoms in total. The molecule has 0 saturated carbocycles. The van der Waals surface area contributed by atoms with Crippen molar-refractivity contribution in [1.29, 1.82) is 0 Å². The summed E-state index contributed by atoms with van der Waals surface area (Å²) in [6, 6.07) is 32.7. The normalized spacial score (nSPS) is 16.1. The molecule has 0 aliphatic carbocycles. The van der Waals surface area contributed by atoms with Crippen LogP contribution >= 0.6 is 15.2 Å². The highest BCUT2D eigenvalue weighted by molar-refractivity contribution is 7.52. The van der Waals surface area contributed by atoms with Crippen molar-refractivity contribution in [2.24, 2.45) is 30.0 Å². The van der Waals surface area contributed by atoms with Crippen molar-refractivity contribution < 1.29 is 65.6 Å². The van der Waals surface area contributed by atoms with Crippen molar-refractivity contribution in [3.05, 3.63) is 130 Å². The standard InChI is InChI=1S/C60H77N11O13P2Si3/c1-6-7-32-71(34-19-36-85(76,77)78,35-20-37-86(79,80)81)33-16-29-50(72)61-30-17-38-87(2,3)83-89(84-88(4,5)39-18-31-62-51(73)40-82-41-52(74)75)69-57-46-25-12-13-26-47(46)59(69)67-55-44-23-10-11-24-45(44)56(64-55)68-60-49-28-15-14-27-48(49)58(70(60)89)66-54-43-22-9-8-21-42(43)53(63-54)65-57/h8-15,21-28H,6-7,16-20,29-41H2,1-5H3,(H6-,61,62,72,73,74,75,76,77,78,79,80,81). The van der Waals surface area contributed by atoms with Crippen LogP contribution in [0.2, 0.25) is 38.3 Å². The molecule has 6 heterocycles. The third kappa shape index (κ3) is 15.3. The third-order valence-electron chi connectivity index (χ3n) is 16.3. The summed E-state index contributed by atoms with van der Waals surface area (Å²) in [5.74, 6) is 0.650. The van der Waals surface area contributed by atoms with E-state index in [2.05, 4.69) is 45.3 Å². The molecule has 0 fully saturated rings. The summed E-state index contributed by atoms with van der Waals surface area (Å²) in [4.78, 5) is 109. The first-order chi connectivity index (χ1) is 42.4. The average Bonchev–Trinajstić information content (AvgIpc) is 1.56. The van der Waals surface area contributed by atoms with Crippen LogP contribution in [-0.2, 0) is 36.5 Å². The second-order valence-corrected chi connectivity index (χ2v) is 39.5. The highest BCUT2D eigenvalue weighted by Gasteiger charge is 2.58. The molecule has 2 amide bonds. The number of hydrogen-bond acceptors (Lipinski definition) is 15. The van der Waals surface area contributed by atoms with Crippen LogP contribution in [0.15, 0.2) is 127 Å². The number of quaternary nitrogens is 1. The Morgan fingerprint density at radius 2 is 0.944 bits per heavy atom. The number of aliphatic carboxylic acids is 1.